The lowest BCUT2D eigenvalue weighted by molar-refractivity contribution is 1.32. The molecule has 2 N–H and O–H groups in total. The van der Waals surface area contributed by atoms with Crippen molar-refractivity contribution in [1.29, 1.82) is 0 Å². The first-order valence-electron chi connectivity index (χ1n) is 6.31. The largest absolute Gasteiger partial charge is 0.354 e. The van der Waals surface area contributed by atoms with Crippen LogP contribution in [0.3, 0.4) is 0 Å². The molecule has 0 saturated carbocycles. The molecular formula is C16H10N2O2. The summed E-state index contributed by atoms with van der Waals surface area (Å²) < 4.78 is 0. The van der Waals surface area contributed by atoms with Crippen LogP contribution in [0, 0.1) is 0 Å². The predicted molar refractivity (Wildman–Crippen MR) is 80.2 cm³/mol. The van der Waals surface area contributed by atoms with Gasteiger partial charge in [-0.05, 0) is 18.2 Å². The van der Waals surface area contributed by atoms with Crippen molar-refractivity contribution in [2.45, 2.75) is 0 Å². The number of H-pyrrole nitrogens is 2. The highest BCUT2D eigenvalue weighted by molar-refractivity contribution is 6.06. The molecule has 4 aromatic rings. The molecule has 0 unspecified atom stereocenters. The van der Waals surface area contributed by atoms with E-state index in [1.54, 1.807) is 12.1 Å². The molecule has 0 aliphatic heterocycles. The SMILES string of the molecule is O=c1[nH]c2ccccc2c2[nH]c3ccccc3c(=O)c12. The quantitative estimate of drug-likeness (QED) is 0.378. The average Bonchev–Trinajstić information content (AvgIpc) is 2.47. The maximum Gasteiger partial charge on any atom is 0.261 e. The lowest BCUT2D eigenvalue weighted by Gasteiger charge is -2.05. The summed E-state index contributed by atoms with van der Waals surface area (Å²) in [6, 6.07) is 14.7. The lowest BCUT2D eigenvalue weighted by Crippen LogP contribution is -2.17. The zero-order chi connectivity index (χ0) is 13.7. The molecule has 4 nitrogen and oxygen atoms in total. The summed E-state index contributed by atoms with van der Waals surface area (Å²) in [6.07, 6.45) is 0. The van der Waals surface area contributed by atoms with Crippen molar-refractivity contribution in [3.8, 4) is 0 Å². The van der Waals surface area contributed by atoms with Crippen molar-refractivity contribution in [1.82, 2.24) is 9.97 Å². The Morgan fingerprint density at radius 3 is 2.05 bits per heavy atom. The van der Waals surface area contributed by atoms with Gasteiger partial charge < -0.3 is 9.97 Å². The molecule has 96 valence electrons. The molecule has 2 heterocycles. The molecule has 0 bridgehead atoms. The van der Waals surface area contributed by atoms with E-state index in [2.05, 4.69) is 9.97 Å². The monoisotopic (exact) mass is 262 g/mol. The van der Waals surface area contributed by atoms with E-state index in [0.29, 0.717) is 10.9 Å². The van der Waals surface area contributed by atoms with Crippen LogP contribution in [-0.4, -0.2) is 9.97 Å². The highest BCUT2D eigenvalue weighted by Gasteiger charge is 2.11. The van der Waals surface area contributed by atoms with Crippen LogP contribution in [0.4, 0.5) is 0 Å². The van der Waals surface area contributed by atoms with Crippen LogP contribution in [0.15, 0.2) is 58.1 Å². The van der Waals surface area contributed by atoms with Crippen molar-refractivity contribution >= 4 is 32.7 Å². The van der Waals surface area contributed by atoms with Crippen molar-refractivity contribution in [3.05, 3.63) is 69.1 Å². The second-order valence-electron chi connectivity index (χ2n) is 4.75. The second-order valence-corrected chi connectivity index (χ2v) is 4.75. The summed E-state index contributed by atoms with van der Waals surface area (Å²) in [4.78, 5) is 30.7. The highest BCUT2D eigenvalue weighted by atomic mass is 16.1. The van der Waals surface area contributed by atoms with E-state index in [1.807, 2.05) is 36.4 Å². The van der Waals surface area contributed by atoms with E-state index in [0.717, 1.165) is 16.4 Å². The van der Waals surface area contributed by atoms with Gasteiger partial charge in [0, 0.05) is 16.3 Å². The van der Waals surface area contributed by atoms with E-state index in [4.69, 9.17) is 0 Å². The molecule has 0 aliphatic carbocycles. The van der Waals surface area contributed by atoms with Crippen LogP contribution in [0.1, 0.15) is 0 Å². The van der Waals surface area contributed by atoms with Crippen molar-refractivity contribution in [3.63, 3.8) is 0 Å². The van der Waals surface area contributed by atoms with Gasteiger partial charge >= 0.3 is 0 Å². The fourth-order valence-corrected chi connectivity index (χ4v) is 2.65. The maximum absolute atomic E-state index is 12.5. The summed E-state index contributed by atoms with van der Waals surface area (Å²) >= 11 is 0. The van der Waals surface area contributed by atoms with E-state index >= 15 is 0 Å². The molecule has 20 heavy (non-hydrogen) atoms. The lowest BCUT2D eigenvalue weighted by atomic mass is 10.1. The molecule has 4 heteroatoms. The number of pyridine rings is 2. The zero-order valence-electron chi connectivity index (χ0n) is 10.4. The topological polar surface area (TPSA) is 65.7 Å². The van der Waals surface area contributed by atoms with Crippen LogP contribution in [0.2, 0.25) is 0 Å². The Labute approximate surface area is 112 Å². The molecular weight excluding hydrogens is 252 g/mol. The van der Waals surface area contributed by atoms with Gasteiger partial charge in [-0.3, -0.25) is 9.59 Å². The first-order chi connectivity index (χ1) is 9.75. The summed E-state index contributed by atoms with van der Waals surface area (Å²) in [5.41, 5.74) is 1.46. The van der Waals surface area contributed by atoms with E-state index in [1.165, 1.54) is 0 Å². The van der Waals surface area contributed by atoms with E-state index in [-0.39, 0.29) is 16.4 Å². The van der Waals surface area contributed by atoms with E-state index in [9.17, 15) is 9.59 Å². The average molecular weight is 262 g/mol. The number of para-hydroxylation sites is 2. The van der Waals surface area contributed by atoms with Gasteiger partial charge in [0.25, 0.3) is 5.56 Å². The van der Waals surface area contributed by atoms with Crippen LogP contribution < -0.4 is 11.0 Å². The van der Waals surface area contributed by atoms with Gasteiger partial charge in [0.15, 0.2) is 0 Å². The maximum atomic E-state index is 12.5. The van der Waals surface area contributed by atoms with Crippen LogP contribution in [-0.2, 0) is 0 Å². The fraction of sp³-hybridized carbons (Fsp3) is 0. The number of aromatic nitrogens is 2. The van der Waals surface area contributed by atoms with Crippen LogP contribution in [0.25, 0.3) is 32.7 Å². The molecule has 0 saturated heterocycles. The van der Waals surface area contributed by atoms with Crippen LogP contribution >= 0.6 is 0 Å². The predicted octanol–water partition coefficient (Wildman–Crippen LogP) is 2.52. The Bertz CT molecular complexity index is 1090. The van der Waals surface area contributed by atoms with Gasteiger partial charge in [0.1, 0.15) is 5.39 Å². The molecule has 2 aromatic carbocycles. The third kappa shape index (κ3) is 1.36. The molecule has 0 spiro atoms. The van der Waals surface area contributed by atoms with E-state index < -0.39 is 0 Å². The highest BCUT2D eigenvalue weighted by Crippen LogP contribution is 2.19. The Morgan fingerprint density at radius 2 is 1.30 bits per heavy atom. The number of nitrogens with one attached hydrogen (secondary N) is 2. The van der Waals surface area contributed by atoms with Gasteiger partial charge in [-0.25, -0.2) is 0 Å². The Kier molecular flexibility index (Phi) is 2.09. The molecule has 0 radical (unpaired) electrons. The first-order valence-corrected chi connectivity index (χ1v) is 6.31. The molecule has 2 aromatic heterocycles. The Morgan fingerprint density at radius 1 is 0.700 bits per heavy atom. The van der Waals surface area contributed by atoms with Gasteiger partial charge in [-0.15, -0.1) is 0 Å². The summed E-state index contributed by atoms with van der Waals surface area (Å²) in [5, 5.41) is 1.55. The summed E-state index contributed by atoms with van der Waals surface area (Å²) in [6.45, 7) is 0. The summed E-state index contributed by atoms with van der Waals surface area (Å²) in [7, 11) is 0. The van der Waals surface area contributed by atoms with Crippen molar-refractivity contribution in [2.75, 3.05) is 0 Å². The minimum atomic E-state index is -0.356. The first kappa shape index (κ1) is 11.0. The van der Waals surface area contributed by atoms with Gasteiger partial charge in [0.05, 0.1) is 11.0 Å². The number of hydrogen-bond acceptors (Lipinski definition) is 2. The van der Waals surface area contributed by atoms with Gasteiger partial charge in [0.2, 0.25) is 5.43 Å². The van der Waals surface area contributed by atoms with Crippen molar-refractivity contribution in [2.24, 2.45) is 0 Å². The Hall–Kier alpha value is -2.88. The second kappa shape index (κ2) is 3.81. The van der Waals surface area contributed by atoms with Crippen molar-refractivity contribution < 1.29 is 0 Å². The van der Waals surface area contributed by atoms with Gasteiger partial charge in [-0.2, -0.15) is 0 Å². The van der Waals surface area contributed by atoms with Crippen LogP contribution in [0.5, 0.6) is 0 Å². The minimum Gasteiger partial charge on any atom is -0.354 e. The fourth-order valence-electron chi connectivity index (χ4n) is 2.65. The summed E-state index contributed by atoms with van der Waals surface area (Å²) in [5.74, 6) is 0. The zero-order valence-corrected chi connectivity index (χ0v) is 10.4. The third-order valence-corrected chi connectivity index (χ3v) is 3.58. The molecule has 4 rings (SSSR count). The minimum absolute atomic E-state index is 0.183. The number of rotatable bonds is 0. The smallest absolute Gasteiger partial charge is 0.261 e. The Balaban J connectivity index is 2.43. The molecule has 0 atom stereocenters. The number of fused-ring (bicyclic) bond motifs is 4. The number of benzene rings is 2. The van der Waals surface area contributed by atoms with Gasteiger partial charge in [-0.1, -0.05) is 30.3 Å². The molecule has 0 fully saturated rings. The number of aromatic amines is 2. The number of hydrogen-bond donors (Lipinski definition) is 2. The molecule has 0 aliphatic rings. The third-order valence-electron chi connectivity index (χ3n) is 3.58. The standard InChI is InChI=1S/C16H10N2O2/c19-15-10-6-2-4-8-12(10)17-14-9-5-1-3-7-11(9)18-16(20)13(14)15/h1-8H,(H,17,19)(H,18,20). The normalized spacial score (nSPS) is 11.4. The molecule has 0 amide bonds.